The maximum absolute atomic E-state index is 13.5. The molecule has 0 amide bonds. The molecule has 102 valence electrons. The highest BCUT2D eigenvalue weighted by Gasteiger charge is 2.22. The third-order valence-electron chi connectivity index (χ3n) is 2.87. The van der Waals surface area contributed by atoms with Crippen LogP contribution >= 0.6 is 11.3 Å². The Hall–Kier alpha value is -1.50. The highest BCUT2D eigenvalue weighted by molar-refractivity contribution is 7.11. The van der Waals surface area contributed by atoms with E-state index in [-0.39, 0.29) is 11.9 Å². The van der Waals surface area contributed by atoms with Crippen molar-refractivity contribution in [3.63, 3.8) is 0 Å². The largest absolute Gasteiger partial charge is 0.496 e. The molecule has 3 N–H and O–H groups in total. The SMILES string of the molecule is COc1ccc(F)cc1C(NN)c1sc(C)nc1C. The third kappa shape index (κ3) is 2.75. The predicted octanol–water partition coefficient (Wildman–Crippen LogP) is 2.46. The van der Waals surface area contributed by atoms with Gasteiger partial charge in [0, 0.05) is 5.56 Å². The summed E-state index contributed by atoms with van der Waals surface area (Å²) in [6.45, 7) is 3.84. The summed E-state index contributed by atoms with van der Waals surface area (Å²) in [6, 6.07) is 4.05. The van der Waals surface area contributed by atoms with E-state index in [9.17, 15) is 4.39 Å². The smallest absolute Gasteiger partial charge is 0.124 e. The molecule has 1 unspecified atom stereocenters. The molecular weight excluding hydrogens is 265 g/mol. The topological polar surface area (TPSA) is 60.2 Å². The number of hydrogen-bond acceptors (Lipinski definition) is 5. The van der Waals surface area contributed by atoms with Crippen LogP contribution in [0.2, 0.25) is 0 Å². The van der Waals surface area contributed by atoms with Gasteiger partial charge in [-0.15, -0.1) is 11.3 Å². The van der Waals surface area contributed by atoms with Crippen molar-refractivity contribution in [3.8, 4) is 5.75 Å². The zero-order valence-electron chi connectivity index (χ0n) is 11.0. The van der Waals surface area contributed by atoms with Gasteiger partial charge in [-0.05, 0) is 32.0 Å². The van der Waals surface area contributed by atoms with E-state index >= 15 is 0 Å². The van der Waals surface area contributed by atoms with Crippen molar-refractivity contribution in [1.82, 2.24) is 10.4 Å². The fraction of sp³-hybridized carbons (Fsp3) is 0.308. The normalized spacial score (nSPS) is 12.5. The number of aromatic nitrogens is 1. The number of hydrogen-bond donors (Lipinski definition) is 2. The quantitative estimate of drug-likeness (QED) is 0.667. The number of nitrogens with two attached hydrogens (primary N) is 1. The second-order valence-corrected chi connectivity index (χ2v) is 5.40. The zero-order chi connectivity index (χ0) is 14.0. The van der Waals surface area contributed by atoms with Crippen molar-refractivity contribution in [3.05, 3.63) is 45.2 Å². The van der Waals surface area contributed by atoms with Gasteiger partial charge < -0.3 is 4.74 Å². The van der Waals surface area contributed by atoms with E-state index in [1.807, 2.05) is 13.8 Å². The van der Waals surface area contributed by atoms with Gasteiger partial charge in [0.05, 0.1) is 28.7 Å². The van der Waals surface area contributed by atoms with Crippen LogP contribution in [-0.4, -0.2) is 12.1 Å². The molecule has 0 saturated carbocycles. The van der Waals surface area contributed by atoms with E-state index in [1.54, 1.807) is 13.2 Å². The molecule has 0 bridgehead atoms. The van der Waals surface area contributed by atoms with Gasteiger partial charge in [0.25, 0.3) is 0 Å². The maximum atomic E-state index is 13.5. The Labute approximate surface area is 115 Å². The summed E-state index contributed by atoms with van der Waals surface area (Å²) >= 11 is 1.54. The Balaban J connectivity index is 2.53. The first kappa shape index (κ1) is 13.9. The molecule has 0 saturated heterocycles. The number of ether oxygens (including phenoxy) is 1. The van der Waals surface area contributed by atoms with Gasteiger partial charge in [-0.2, -0.15) is 0 Å². The Morgan fingerprint density at radius 2 is 2.16 bits per heavy atom. The third-order valence-corrected chi connectivity index (χ3v) is 4.01. The lowest BCUT2D eigenvalue weighted by molar-refractivity contribution is 0.403. The lowest BCUT2D eigenvalue weighted by Gasteiger charge is -2.18. The van der Waals surface area contributed by atoms with Crippen LogP contribution in [0.4, 0.5) is 4.39 Å². The number of hydrazine groups is 1. The highest BCUT2D eigenvalue weighted by atomic mass is 32.1. The summed E-state index contributed by atoms with van der Waals surface area (Å²) in [6.07, 6.45) is 0. The van der Waals surface area contributed by atoms with Crippen molar-refractivity contribution in [1.29, 1.82) is 0 Å². The van der Waals surface area contributed by atoms with Gasteiger partial charge in [-0.3, -0.25) is 5.84 Å². The molecule has 4 nitrogen and oxygen atoms in total. The van der Waals surface area contributed by atoms with Crippen LogP contribution in [0.3, 0.4) is 0 Å². The molecule has 0 fully saturated rings. The number of nitrogens with one attached hydrogen (secondary N) is 1. The molecule has 0 aliphatic heterocycles. The number of nitrogens with zero attached hydrogens (tertiary/aromatic N) is 1. The first-order chi connectivity index (χ1) is 9.06. The van der Waals surface area contributed by atoms with Crippen molar-refractivity contribution in [2.45, 2.75) is 19.9 Å². The van der Waals surface area contributed by atoms with Crippen LogP contribution in [0.1, 0.15) is 27.2 Å². The molecule has 0 radical (unpaired) electrons. The van der Waals surface area contributed by atoms with Gasteiger partial charge in [-0.1, -0.05) is 0 Å². The second-order valence-electron chi connectivity index (χ2n) is 4.17. The van der Waals surface area contributed by atoms with E-state index in [4.69, 9.17) is 10.6 Å². The van der Waals surface area contributed by atoms with Crippen molar-refractivity contribution in [2.75, 3.05) is 7.11 Å². The first-order valence-corrected chi connectivity index (χ1v) is 6.62. The number of benzene rings is 1. The second kappa shape index (κ2) is 5.64. The van der Waals surface area contributed by atoms with Crippen LogP contribution in [0.5, 0.6) is 5.75 Å². The monoisotopic (exact) mass is 281 g/mol. The van der Waals surface area contributed by atoms with Crippen molar-refractivity contribution in [2.24, 2.45) is 5.84 Å². The molecule has 0 aliphatic rings. The first-order valence-electron chi connectivity index (χ1n) is 5.80. The minimum Gasteiger partial charge on any atom is -0.496 e. The molecule has 6 heteroatoms. The Kier molecular flexibility index (Phi) is 4.14. The van der Waals surface area contributed by atoms with Gasteiger partial charge in [0.1, 0.15) is 11.6 Å². The average molecular weight is 281 g/mol. The van der Waals surface area contributed by atoms with Gasteiger partial charge in [0.2, 0.25) is 0 Å². The number of halogens is 1. The summed E-state index contributed by atoms with van der Waals surface area (Å²) < 4.78 is 18.7. The van der Waals surface area contributed by atoms with E-state index in [2.05, 4.69) is 10.4 Å². The van der Waals surface area contributed by atoms with Crippen molar-refractivity contribution >= 4 is 11.3 Å². The minimum atomic E-state index is -0.336. The zero-order valence-corrected chi connectivity index (χ0v) is 11.8. The van der Waals surface area contributed by atoms with Crippen LogP contribution in [0.15, 0.2) is 18.2 Å². The average Bonchev–Trinajstić information content (AvgIpc) is 2.70. The molecular formula is C13H16FN3OS. The summed E-state index contributed by atoms with van der Waals surface area (Å²) in [5, 5.41) is 0.947. The Morgan fingerprint density at radius 1 is 1.42 bits per heavy atom. The standard InChI is InChI=1S/C13H16FN3OS/c1-7-13(19-8(2)16-7)12(17-15)10-6-9(14)4-5-11(10)18-3/h4-6,12,17H,15H2,1-3H3. The number of methoxy groups -OCH3 is 1. The van der Waals surface area contributed by atoms with Gasteiger partial charge in [0.15, 0.2) is 0 Å². The number of aryl methyl sites for hydroxylation is 2. The molecule has 2 aromatic rings. The molecule has 1 atom stereocenters. The molecule has 1 aromatic carbocycles. The van der Waals surface area contributed by atoms with Crippen LogP contribution in [-0.2, 0) is 0 Å². The molecule has 19 heavy (non-hydrogen) atoms. The minimum absolute atomic E-state index is 0.324. The van der Waals surface area contributed by atoms with Crippen molar-refractivity contribution < 1.29 is 9.13 Å². The maximum Gasteiger partial charge on any atom is 0.124 e. The highest BCUT2D eigenvalue weighted by Crippen LogP contribution is 2.34. The van der Waals surface area contributed by atoms with E-state index in [0.29, 0.717) is 11.3 Å². The molecule has 1 heterocycles. The van der Waals surface area contributed by atoms with Gasteiger partial charge in [-0.25, -0.2) is 14.8 Å². The Morgan fingerprint density at radius 3 is 2.68 bits per heavy atom. The number of rotatable bonds is 4. The van der Waals surface area contributed by atoms with E-state index < -0.39 is 0 Å². The molecule has 2 rings (SSSR count). The summed E-state index contributed by atoms with van der Waals surface area (Å²) in [7, 11) is 1.55. The molecule has 0 spiro atoms. The van der Waals surface area contributed by atoms with Crippen LogP contribution < -0.4 is 16.0 Å². The fourth-order valence-corrected chi connectivity index (χ4v) is 3.06. The lowest BCUT2D eigenvalue weighted by atomic mass is 10.0. The van der Waals surface area contributed by atoms with Gasteiger partial charge >= 0.3 is 0 Å². The molecule has 0 aliphatic carbocycles. The molecule has 1 aromatic heterocycles. The summed E-state index contributed by atoms with van der Waals surface area (Å²) in [4.78, 5) is 5.33. The van der Waals surface area contributed by atoms with E-state index in [1.165, 1.54) is 23.5 Å². The summed E-state index contributed by atoms with van der Waals surface area (Å²) in [5.74, 6) is 5.91. The van der Waals surface area contributed by atoms with Crippen LogP contribution in [0.25, 0.3) is 0 Å². The predicted molar refractivity (Wildman–Crippen MR) is 73.7 cm³/mol. The van der Waals surface area contributed by atoms with E-state index in [0.717, 1.165) is 15.6 Å². The van der Waals surface area contributed by atoms with Crippen LogP contribution in [0, 0.1) is 19.7 Å². The fourth-order valence-electron chi connectivity index (χ4n) is 2.05. The Bertz CT molecular complexity index is 585. The summed E-state index contributed by atoms with van der Waals surface area (Å²) in [5.41, 5.74) is 4.26. The lowest BCUT2D eigenvalue weighted by Crippen LogP contribution is -2.29. The number of thiazole rings is 1.